The molecule has 1 atom stereocenters. The highest BCUT2D eigenvalue weighted by Gasteiger charge is 2.15. The van der Waals surface area contributed by atoms with Gasteiger partial charge in [0.2, 0.25) is 0 Å². The topological polar surface area (TPSA) is 63.6 Å². The highest BCUT2D eigenvalue weighted by Crippen LogP contribution is 2.34. The van der Waals surface area contributed by atoms with Crippen molar-refractivity contribution >= 4 is 36.0 Å². The molecule has 6 heteroatoms. The highest BCUT2D eigenvalue weighted by atomic mass is 35.5. The monoisotopic (exact) mass is 248 g/mol. The van der Waals surface area contributed by atoms with Gasteiger partial charge in [-0.15, -0.1) is 0 Å². The van der Waals surface area contributed by atoms with Gasteiger partial charge in [-0.1, -0.05) is 23.2 Å². The van der Waals surface area contributed by atoms with Gasteiger partial charge in [0.25, 0.3) is 6.47 Å². The summed E-state index contributed by atoms with van der Waals surface area (Å²) in [4.78, 5) is 20.7. The van der Waals surface area contributed by atoms with Gasteiger partial charge in [0.1, 0.15) is 0 Å². The van der Waals surface area contributed by atoms with Gasteiger partial charge in [0.15, 0.2) is 18.1 Å². The standard InChI is InChI=1S/C9H6Cl2O4/c10-6-1-5(2-7(11)9(6)14)8(3-12)15-4-13/h1-4,8,14H. The van der Waals surface area contributed by atoms with Crippen LogP contribution in [0.4, 0.5) is 0 Å². The quantitative estimate of drug-likeness (QED) is 0.830. The van der Waals surface area contributed by atoms with E-state index in [2.05, 4.69) is 4.74 Å². The van der Waals surface area contributed by atoms with Crippen LogP contribution in [0.15, 0.2) is 12.1 Å². The fraction of sp³-hybridized carbons (Fsp3) is 0.111. The fourth-order valence-corrected chi connectivity index (χ4v) is 1.50. The molecule has 15 heavy (non-hydrogen) atoms. The van der Waals surface area contributed by atoms with E-state index in [0.717, 1.165) is 0 Å². The minimum atomic E-state index is -1.07. The minimum absolute atomic E-state index is 0.0150. The lowest BCUT2D eigenvalue weighted by Crippen LogP contribution is -2.04. The van der Waals surface area contributed by atoms with E-state index in [1.165, 1.54) is 12.1 Å². The predicted molar refractivity (Wildman–Crippen MR) is 54.1 cm³/mol. The molecule has 0 aliphatic carbocycles. The first-order valence-corrected chi connectivity index (χ1v) is 4.58. The fourth-order valence-electron chi connectivity index (χ4n) is 0.998. The van der Waals surface area contributed by atoms with Crippen LogP contribution in [-0.4, -0.2) is 17.9 Å². The molecule has 1 N–H and O–H groups in total. The molecule has 80 valence electrons. The second kappa shape index (κ2) is 5.00. The van der Waals surface area contributed by atoms with Gasteiger partial charge in [-0.05, 0) is 12.1 Å². The van der Waals surface area contributed by atoms with Gasteiger partial charge >= 0.3 is 0 Å². The van der Waals surface area contributed by atoms with E-state index >= 15 is 0 Å². The Kier molecular flexibility index (Phi) is 3.94. The number of halogens is 2. The number of aromatic hydroxyl groups is 1. The molecule has 0 aliphatic heterocycles. The zero-order valence-electron chi connectivity index (χ0n) is 7.31. The van der Waals surface area contributed by atoms with Crippen molar-refractivity contribution in [2.24, 2.45) is 0 Å². The number of hydrogen-bond acceptors (Lipinski definition) is 4. The number of hydrogen-bond donors (Lipinski definition) is 1. The van der Waals surface area contributed by atoms with Crippen molar-refractivity contribution in [2.75, 3.05) is 0 Å². The van der Waals surface area contributed by atoms with Crippen molar-refractivity contribution in [1.29, 1.82) is 0 Å². The number of ether oxygens (including phenoxy) is 1. The third-order valence-electron chi connectivity index (χ3n) is 1.69. The highest BCUT2D eigenvalue weighted by molar-refractivity contribution is 6.37. The van der Waals surface area contributed by atoms with Crippen LogP contribution >= 0.6 is 23.2 Å². The Morgan fingerprint density at radius 2 is 1.80 bits per heavy atom. The molecule has 1 unspecified atom stereocenters. The molecule has 0 radical (unpaired) electrons. The maximum atomic E-state index is 10.6. The summed E-state index contributed by atoms with van der Waals surface area (Å²) in [6, 6.07) is 2.59. The largest absolute Gasteiger partial charge is 0.505 e. The van der Waals surface area contributed by atoms with Crippen molar-refractivity contribution in [3.8, 4) is 5.75 Å². The van der Waals surface area contributed by atoms with Crippen LogP contribution in [0.3, 0.4) is 0 Å². The summed E-state index contributed by atoms with van der Waals surface area (Å²) in [6.07, 6.45) is -0.647. The SMILES string of the molecule is O=COC(C=O)c1cc(Cl)c(O)c(Cl)c1. The molecule has 0 aromatic heterocycles. The van der Waals surface area contributed by atoms with Gasteiger partial charge < -0.3 is 9.84 Å². The van der Waals surface area contributed by atoms with Gasteiger partial charge in [0.05, 0.1) is 10.0 Å². The Bertz CT molecular complexity index is 369. The van der Waals surface area contributed by atoms with Crippen LogP contribution < -0.4 is 0 Å². The van der Waals surface area contributed by atoms with Gasteiger partial charge in [-0.3, -0.25) is 9.59 Å². The summed E-state index contributed by atoms with van der Waals surface area (Å²) < 4.78 is 4.48. The average Bonchev–Trinajstić information content (AvgIpc) is 2.22. The summed E-state index contributed by atoms with van der Waals surface area (Å²) in [6.45, 7) is 0.147. The third kappa shape index (κ3) is 2.61. The van der Waals surface area contributed by atoms with Crippen molar-refractivity contribution in [1.82, 2.24) is 0 Å². The number of carbonyl (C=O) groups is 2. The smallest absolute Gasteiger partial charge is 0.294 e. The second-order valence-electron chi connectivity index (χ2n) is 2.62. The number of carbonyl (C=O) groups excluding carboxylic acids is 2. The molecule has 0 aliphatic rings. The van der Waals surface area contributed by atoms with Crippen LogP contribution in [0.2, 0.25) is 10.0 Å². The van der Waals surface area contributed by atoms with Crippen LogP contribution in [0.5, 0.6) is 5.75 Å². The molecule has 0 spiro atoms. The number of benzene rings is 1. The molecular weight excluding hydrogens is 243 g/mol. The molecule has 0 saturated carbocycles. The van der Waals surface area contributed by atoms with Crippen LogP contribution in [0, 0.1) is 0 Å². The normalized spacial score (nSPS) is 11.9. The number of aldehydes is 1. The molecule has 0 saturated heterocycles. The number of rotatable bonds is 4. The number of phenols is 1. The molecule has 1 aromatic rings. The first-order valence-electron chi connectivity index (χ1n) is 3.82. The van der Waals surface area contributed by atoms with E-state index in [0.29, 0.717) is 11.8 Å². The lowest BCUT2D eigenvalue weighted by atomic mass is 10.1. The molecule has 0 bridgehead atoms. The Balaban J connectivity index is 3.13. The van der Waals surface area contributed by atoms with E-state index < -0.39 is 6.10 Å². The maximum absolute atomic E-state index is 10.6. The molecule has 1 aromatic carbocycles. The Morgan fingerprint density at radius 1 is 1.27 bits per heavy atom. The Labute approximate surface area is 95.4 Å². The average molecular weight is 249 g/mol. The van der Waals surface area contributed by atoms with E-state index in [9.17, 15) is 14.7 Å². The van der Waals surface area contributed by atoms with Gasteiger partial charge in [-0.2, -0.15) is 0 Å². The van der Waals surface area contributed by atoms with Crippen LogP contribution in [0.1, 0.15) is 11.7 Å². The summed E-state index contributed by atoms with van der Waals surface area (Å²) >= 11 is 11.3. The van der Waals surface area contributed by atoms with Gasteiger partial charge in [0, 0.05) is 5.56 Å². The summed E-state index contributed by atoms with van der Waals surface area (Å²) in [5, 5.41) is 9.22. The zero-order chi connectivity index (χ0) is 11.4. The van der Waals surface area contributed by atoms with Crippen LogP contribution in [0.25, 0.3) is 0 Å². The van der Waals surface area contributed by atoms with Gasteiger partial charge in [-0.25, -0.2) is 0 Å². The zero-order valence-corrected chi connectivity index (χ0v) is 8.83. The van der Waals surface area contributed by atoms with E-state index in [1.54, 1.807) is 0 Å². The van der Waals surface area contributed by atoms with Crippen LogP contribution in [-0.2, 0) is 14.3 Å². The molecule has 0 fully saturated rings. The molecule has 0 amide bonds. The number of phenolic OH excluding ortho intramolecular Hbond substituents is 1. The summed E-state index contributed by atoms with van der Waals surface area (Å²) in [7, 11) is 0. The first kappa shape index (κ1) is 11.8. The first-order chi connectivity index (χ1) is 7.10. The molecule has 1 rings (SSSR count). The third-order valence-corrected chi connectivity index (χ3v) is 2.27. The molecule has 4 nitrogen and oxygen atoms in total. The molecular formula is C9H6Cl2O4. The summed E-state index contributed by atoms with van der Waals surface area (Å²) in [5.41, 5.74) is 0.296. The maximum Gasteiger partial charge on any atom is 0.294 e. The van der Waals surface area contributed by atoms with E-state index in [-0.39, 0.29) is 22.3 Å². The van der Waals surface area contributed by atoms with Crippen molar-refractivity contribution in [3.63, 3.8) is 0 Å². The second-order valence-corrected chi connectivity index (χ2v) is 3.44. The predicted octanol–water partition coefficient (Wildman–Crippen LogP) is 2.11. The van der Waals surface area contributed by atoms with E-state index in [1.807, 2.05) is 0 Å². The van der Waals surface area contributed by atoms with Crippen molar-refractivity contribution < 1.29 is 19.4 Å². The summed E-state index contributed by atoms with van der Waals surface area (Å²) in [5.74, 6) is -0.280. The Hall–Kier alpha value is -1.26. The van der Waals surface area contributed by atoms with Crippen molar-refractivity contribution in [3.05, 3.63) is 27.7 Å². The van der Waals surface area contributed by atoms with E-state index in [4.69, 9.17) is 23.2 Å². The minimum Gasteiger partial charge on any atom is -0.505 e. The molecule has 0 heterocycles. The lowest BCUT2D eigenvalue weighted by molar-refractivity contribution is -0.139. The Morgan fingerprint density at radius 3 is 2.20 bits per heavy atom. The van der Waals surface area contributed by atoms with Crippen molar-refractivity contribution in [2.45, 2.75) is 6.10 Å². The lowest BCUT2D eigenvalue weighted by Gasteiger charge is -2.10.